The van der Waals surface area contributed by atoms with Crippen LogP contribution in [0.25, 0.3) is 0 Å². The molecule has 4 unspecified atom stereocenters. The molecule has 0 aromatic rings. The summed E-state index contributed by atoms with van der Waals surface area (Å²) >= 11 is 0. The highest BCUT2D eigenvalue weighted by molar-refractivity contribution is 4.86. The first-order valence-electron chi connectivity index (χ1n) is 9.04. The Labute approximate surface area is 131 Å². The number of rotatable bonds is 10. The number of hydrogen-bond donors (Lipinski definition) is 2. The summed E-state index contributed by atoms with van der Waals surface area (Å²) in [5.41, 5.74) is -0.103. The third-order valence-corrected chi connectivity index (χ3v) is 5.43. The smallest absolute Gasteiger partial charge is 0.0613 e. The molecule has 0 spiro atoms. The van der Waals surface area contributed by atoms with Gasteiger partial charge in [-0.25, -0.2) is 0 Å². The van der Waals surface area contributed by atoms with Crippen molar-refractivity contribution in [2.45, 2.75) is 84.3 Å². The molecule has 0 aromatic carbocycles. The summed E-state index contributed by atoms with van der Waals surface area (Å²) in [6.45, 7) is 11.1. The summed E-state index contributed by atoms with van der Waals surface area (Å²) in [6, 6.07) is 0. The monoisotopic (exact) mass is 299 g/mol. The van der Waals surface area contributed by atoms with Crippen LogP contribution < -0.4 is 5.32 Å². The highest BCUT2D eigenvalue weighted by atomic mass is 16.5. The van der Waals surface area contributed by atoms with Crippen molar-refractivity contribution in [2.75, 3.05) is 19.8 Å². The van der Waals surface area contributed by atoms with E-state index in [1.807, 2.05) is 0 Å². The van der Waals surface area contributed by atoms with Gasteiger partial charge in [-0.3, -0.25) is 0 Å². The van der Waals surface area contributed by atoms with Crippen LogP contribution in [0.5, 0.6) is 0 Å². The quantitative estimate of drug-likeness (QED) is 0.604. The number of aliphatic hydroxyl groups is 1. The van der Waals surface area contributed by atoms with E-state index in [1.165, 1.54) is 19.3 Å². The van der Waals surface area contributed by atoms with Crippen LogP contribution in [0.1, 0.15) is 72.6 Å². The van der Waals surface area contributed by atoms with E-state index in [9.17, 15) is 5.11 Å². The molecule has 3 heteroatoms. The Morgan fingerprint density at radius 1 is 1.19 bits per heavy atom. The first-order valence-corrected chi connectivity index (χ1v) is 9.04. The zero-order valence-corrected chi connectivity index (χ0v) is 14.7. The van der Waals surface area contributed by atoms with Crippen molar-refractivity contribution in [3.05, 3.63) is 0 Å². The second-order valence-corrected chi connectivity index (χ2v) is 7.08. The maximum Gasteiger partial charge on any atom is 0.0613 e. The normalized spacial score (nSPS) is 29.3. The molecule has 0 heterocycles. The average molecular weight is 299 g/mol. The van der Waals surface area contributed by atoms with Gasteiger partial charge in [0.1, 0.15) is 0 Å². The topological polar surface area (TPSA) is 41.5 Å². The standard InChI is InChI=1S/C18H37NO2/c1-5-11-19-18(6-2,14-20)10-7-12-21-17-9-8-15(3)16(4)13-17/h15-17,19-20H,5-14H2,1-4H3. The fraction of sp³-hybridized carbons (Fsp3) is 1.00. The van der Waals surface area contributed by atoms with Gasteiger partial charge in [0.15, 0.2) is 0 Å². The molecule has 1 aliphatic rings. The van der Waals surface area contributed by atoms with E-state index >= 15 is 0 Å². The van der Waals surface area contributed by atoms with E-state index in [0.717, 1.165) is 50.7 Å². The van der Waals surface area contributed by atoms with Gasteiger partial charge in [-0.15, -0.1) is 0 Å². The van der Waals surface area contributed by atoms with Gasteiger partial charge in [0, 0.05) is 12.1 Å². The first kappa shape index (κ1) is 18.9. The Bertz CT molecular complexity index is 266. The van der Waals surface area contributed by atoms with Crippen molar-refractivity contribution >= 4 is 0 Å². The van der Waals surface area contributed by atoms with Gasteiger partial charge < -0.3 is 15.2 Å². The fourth-order valence-electron chi connectivity index (χ4n) is 3.34. The van der Waals surface area contributed by atoms with E-state index in [0.29, 0.717) is 6.10 Å². The molecule has 0 bridgehead atoms. The lowest BCUT2D eigenvalue weighted by atomic mass is 9.80. The molecule has 1 fully saturated rings. The second-order valence-electron chi connectivity index (χ2n) is 7.08. The van der Waals surface area contributed by atoms with Crippen LogP contribution in [0.4, 0.5) is 0 Å². The zero-order valence-electron chi connectivity index (χ0n) is 14.7. The number of nitrogens with one attached hydrogen (secondary N) is 1. The van der Waals surface area contributed by atoms with Crippen molar-refractivity contribution in [2.24, 2.45) is 11.8 Å². The van der Waals surface area contributed by atoms with Crippen molar-refractivity contribution in [1.82, 2.24) is 5.32 Å². The molecule has 0 aromatic heterocycles. The molecular formula is C18H37NO2. The molecule has 0 amide bonds. The summed E-state index contributed by atoms with van der Waals surface area (Å²) in [6.07, 6.45) is 8.32. The van der Waals surface area contributed by atoms with Gasteiger partial charge in [-0.1, -0.05) is 27.7 Å². The van der Waals surface area contributed by atoms with Crippen LogP contribution in [-0.2, 0) is 4.74 Å². The first-order chi connectivity index (χ1) is 10.1. The van der Waals surface area contributed by atoms with Crippen LogP contribution in [0.3, 0.4) is 0 Å². The van der Waals surface area contributed by atoms with Gasteiger partial charge in [-0.2, -0.15) is 0 Å². The lowest BCUT2D eigenvalue weighted by Crippen LogP contribution is -2.48. The molecule has 0 radical (unpaired) electrons. The van der Waals surface area contributed by atoms with Crippen LogP contribution in [0, 0.1) is 11.8 Å². The molecule has 126 valence electrons. The predicted octanol–water partition coefficient (Wildman–Crippen LogP) is 3.75. The Morgan fingerprint density at radius 2 is 1.95 bits per heavy atom. The summed E-state index contributed by atoms with van der Waals surface area (Å²) in [4.78, 5) is 0. The molecule has 1 aliphatic carbocycles. The van der Waals surface area contributed by atoms with E-state index < -0.39 is 0 Å². The Kier molecular flexibility index (Phi) is 8.84. The summed E-state index contributed by atoms with van der Waals surface area (Å²) < 4.78 is 6.08. The van der Waals surface area contributed by atoms with Crippen molar-refractivity contribution in [3.63, 3.8) is 0 Å². The van der Waals surface area contributed by atoms with E-state index in [2.05, 4.69) is 33.0 Å². The number of ether oxygens (including phenoxy) is 1. The SMILES string of the molecule is CCCNC(CC)(CO)CCCOC1CCC(C)C(C)C1. The van der Waals surface area contributed by atoms with Crippen molar-refractivity contribution in [1.29, 1.82) is 0 Å². The molecule has 21 heavy (non-hydrogen) atoms. The largest absolute Gasteiger partial charge is 0.394 e. The van der Waals surface area contributed by atoms with Crippen LogP contribution >= 0.6 is 0 Å². The third kappa shape index (κ3) is 6.25. The second kappa shape index (κ2) is 9.81. The summed E-state index contributed by atoms with van der Waals surface area (Å²) in [7, 11) is 0. The Morgan fingerprint density at radius 3 is 2.52 bits per heavy atom. The highest BCUT2D eigenvalue weighted by Gasteiger charge is 2.27. The minimum Gasteiger partial charge on any atom is -0.394 e. The van der Waals surface area contributed by atoms with Gasteiger partial charge in [0.25, 0.3) is 0 Å². The van der Waals surface area contributed by atoms with Crippen molar-refractivity contribution in [3.8, 4) is 0 Å². The lowest BCUT2D eigenvalue weighted by Gasteiger charge is -2.34. The molecule has 2 N–H and O–H groups in total. The van der Waals surface area contributed by atoms with E-state index in [-0.39, 0.29) is 12.1 Å². The molecule has 4 atom stereocenters. The highest BCUT2D eigenvalue weighted by Crippen LogP contribution is 2.31. The average Bonchev–Trinajstić information content (AvgIpc) is 2.50. The molecule has 1 rings (SSSR count). The lowest BCUT2D eigenvalue weighted by molar-refractivity contribution is -0.00256. The third-order valence-electron chi connectivity index (χ3n) is 5.43. The summed E-state index contributed by atoms with van der Waals surface area (Å²) in [5.74, 6) is 1.65. The zero-order chi connectivity index (χ0) is 15.7. The van der Waals surface area contributed by atoms with Gasteiger partial charge in [0.05, 0.1) is 12.7 Å². The summed E-state index contributed by atoms with van der Waals surface area (Å²) in [5, 5.41) is 13.2. The molecule has 0 saturated heterocycles. The Hall–Kier alpha value is -0.120. The molecule has 1 saturated carbocycles. The van der Waals surface area contributed by atoms with Gasteiger partial charge in [0.2, 0.25) is 0 Å². The van der Waals surface area contributed by atoms with Crippen LogP contribution in [0.2, 0.25) is 0 Å². The molecular weight excluding hydrogens is 262 g/mol. The predicted molar refractivity (Wildman–Crippen MR) is 89.6 cm³/mol. The number of aliphatic hydroxyl groups excluding tert-OH is 1. The van der Waals surface area contributed by atoms with Gasteiger partial charge in [-0.05, 0) is 63.3 Å². The number of hydrogen-bond acceptors (Lipinski definition) is 3. The molecule has 0 aliphatic heterocycles. The molecule has 3 nitrogen and oxygen atoms in total. The van der Waals surface area contributed by atoms with Crippen LogP contribution in [0.15, 0.2) is 0 Å². The maximum atomic E-state index is 9.71. The van der Waals surface area contributed by atoms with Crippen molar-refractivity contribution < 1.29 is 9.84 Å². The maximum absolute atomic E-state index is 9.71. The minimum absolute atomic E-state index is 0.103. The Balaban J connectivity index is 2.25. The van der Waals surface area contributed by atoms with Crippen LogP contribution in [-0.4, -0.2) is 36.5 Å². The van der Waals surface area contributed by atoms with E-state index in [1.54, 1.807) is 0 Å². The van der Waals surface area contributed by atoms with E-state index in [4.69, 9.17) is 4.74 Å². The fourth-order valence-corrected chi connectivity index (χ4v) is 3.34. The van der Waals surface area contributed by atoms with Gasteiger partial charge >= 0.3 is 0 Å². The minimum atomic E-state index is -0.103.